The normalized spacial score (nSPS) is 25.3. The summed E-state index contributed by atoms with van der Waals surface area (Å²) in [6.07, 6.45) is -0.591. The molecule has 0 aliphatic carbocycles. The number of nitrogens with two attached hydrogens (primary N) is 1. The first-order valence-corrected chi connectivity index (χ1v) is 13.6. The first-order valence-electron chi connectivity index (χ1n) is 12.0. The fraction of sp³-hybridized carbons (Fsp3) is 0.478. The maximum Gasteiger partial charge on any atom is 0.459 e. The lowest BCUT2D eigenvalue weighted by atomic mass is 9.91. The number of nitrogens with zero attached hydrogens (tertiary/aromatic N) is 5. The molecule has 0 saturated carbocycles. The van der Waals surface area contributed by atoms with Gasteiger partial charge in [-0.3, -0.25) is 9.32 Å². The first kappa shape index (κ1) is 28.5. The van der Waals surface area contributed by atoms with E-state index in [4.69, 9.17) is 24.3 Å². The SMILES string of the molecule is CC(C)OC(=O)[C@H](C)N[P@](=O)(OC[C@H]1O[C@@H](c2cnc3c(N)ncnn23)[C@](C)(F)[C@@H]1N=O)Oc1ccccc1. The number of anilines is 1. The van der Waals surface area contributed by atoms with Crippen LogP contribution in [-0.4, -0.2) is 62.1 Å². The molecule has 0 radical (unpaired) electrons. The van der Waals surface area contributed by atoms with E-state index in [0.29, 0.717) is 0 Å². The van der Waals surface area contributed by atoms with Crippen molar-refractivity contribution in [1.82, 2.24) is 24.7 Å². The highest BCUT2D eigenvalue weighted by molar-refractivity contribution is 7.52. The van der Waals surface area contributed by atoms with Gasteiger partial charge in [0, 0.05) is 0 Å². The van der Waals surface area contributed by atoms with Crippen LogP contribution < -0.4 is 15.3 Å². The van der Waals surface area contributed by atoms with Crippen molar-refractivity contribution >= 4 is 25.2 Å². The number of hydrogen-bond donors (Lipinski definition) is 2. The molecule has 0 spiro atoms. The number of halogens is 1. The number of hydrogen-bond acceptors (Lipinski definition) is 12. The number of imidazole rings is 1. The predicted octanol–water partition coefficient (Wildman–Crippen LogP) is 3.14. The van der Waals surface area contributed by atoms with Crippen LogP contribution >= 0.6 is 7.75 Å². The molecule has 39 heavy (non-hydrogen) atoms. The highest BCUT2D eigenvalue weighted by Gasteiger charge is 2.58. The van der Waals surface area contributed by atoms with Gasteiger partial charge >= 0.3 is 13.7 Å². The van der Waals surface area contributed by atoms with Gasteiger partial charge in [-0.2, -0.15) is 15.1 Å². The number of carbonyl (C=O) groups is 1. The van der Waals surface area contributed by atoms with Crippen molar-refractivity contribution in [3.8, 4) is 5.75 Å². The molecule has 3 aromatic rings. The summed E-state index contributed by atoms with van der Waals surface area (Å²) in [5, 5.41) is 9.52. The summed E-state index contributed by atoms with van der Waals surface area (Å²) in [7, 11) is -4.30. The zero-order chi connectivity index (χ0) is 28.4. The highest BCUT2D eigenvalue weighted by Crippen LogP contribution is 2.49. The number of aromatic nitrogens is 4. The molecule has 0 bridgehead atoms. The number of carbonyl (C=O) groups excluding carboxylic acids is 1. The molecule has 2 aromatic heterocycles. The number of benzene rings is 1. The van der Waals surface area contributed by atoms with Crippen LogP contribution in [0, 0.1) is 4.91 Å². The van der Waals surface area contributed by atoms with E-state index in [2.05, 4.69) is 25.3 Å². The van der Waals surface area contributed by atoms with Gasteiger partial charge in [0.2, 0.25) is 0 Å². The Morgan fingerprint density at radius 1 is 1.31 bits per heavy atom. The third-order valence-electron chi connectivity index (χ3n) is 5.93. The quantitative estimate of drug-likeness (QED) is 0.197. The number of ether oxygens (including phenoxy) is 2. The van der Waals surface area contributed by atoms with E-state index in [9.17, 15) is 14.3 Å². The predicted molar refractivity (Wildman–Crippen MR) is 136 cm³/mol. The lowest BCUT2D eigenvalue weighted by molar-refractivity contribution is -0.149. The fourth-order valence-corrected chi connectivity index (χ4v) is 5.60. The molecular formula is C23H29FN7O7P. The van der Waals surface area contributed by atoms with E-state index in [0.717, 1.165) is 6.92 Å². The summed E-state index contributed by atoms with van der Waals surface area (Å²) in [6.45, 7) is 5.32. The number of nitrogens with one attached hydrogen (secondary N) is 1. The van der Waals surface area contributed by atoms with Gasteiger partial charge in [0.25, 0.3) is 0 Å². The number of fused-ring (bicyclic) bond motifs is 1. The number of alkyl halides is 1. The number of para-hydroxylation sites is 1. The second kappa shape index (κ2) is 11.3. The molecule has 6 atom stereocenters. The average molecular weight is 565 g/mol. The van der Waals surface area contributed by atoms with Crippen molar-refractivity contribution < 1.29 is 32.3 Å². The molecular weight excluding hydrogens is 536 g/mol. The van der Waals surface area contributed by atoms with Crippen molar-refractivity contribution in [2.75, 3.05) is 12.3 Å². The van der Waals surface area contributed by atoms with Gasteiger partial charge in [0.15, 0.2) is 23.2 Å². The Kier molecular flexibility index (Phi) is 8.25. The minimum Gasteiger partial charge on any atom is -0.462 e. The van der Waals surface area contributed by atoms with Gasteiger partial charge in [-0.15, -0.1) is 0 Å². The second-order valence-electron chi connectivity index (χ2n) is 9.35. The minimum absolute atomic E-state index is 0.0648. The Hall–Kier alpha value is -3.52. The lowest BCUT2D eigenvalue weighted by Gasteiger charge is -2.25. The molecule has 1 fully saturated rings. The molecule has 210 valence electrons. The molecule has 1 aliphatic heterocycles. The van der Waals surface area contributed by atoms with Crippen molar-refractivity contribution in [1.29, 1.82) is 0 Å². The van der Waals surface area contributed by atoms with Crippen molar-refractivity contribution in [2.45, 2.75) is 63.8 Å². The fourth-order valence-electron chi connectivity index (χ4n) is 4.10. The molecule has 1 aromatic carbocycles. The molecule has 1 saturated heterocycles. The van der Waals surface area contributed by atoms with Crippen molar-refractivity contribution in [3.05, 3.63) is 53.5 Å². The summed E-state index contributed by atoms with van der Waals surface area (Å²) < 4.78 is 53.2. The maximum atomic E-state index is 16.0. The van der Waals surface area contributed by atoms with Gasteiger partial charge < -0.3 is 19.7 Å². The molecule has 1 aliphatic rings. The maximum absolute atomic E-state index is 16.0. The smallest absolute Gasteiger partial charge is 0.459 e. The van der Waals surface area contributed by atoms with E-state index in [1.54, 1.807) is 32.0 Å². The summed E-state index contributed by atoms with van der Waals surface area (Å²) in [6, 6.07) is 5.41. The Labute approximate surface area is 222 Å². The van der Waals surface area contributed by atoms with Crippen LogP contribution in [0.4, 0.5) is 10.2 Å². The van der Waals surface area contributed by atoms with Crippen LogP contribution in [0.3, 0.4) is 0 Å². The Bertz CT molecular complexity index is 1370. The topological polar surface area (TPSA) is 182 Å². The minimum atomic E-state index is -4.30. The standard InChI is InChI=1S/C23H29FN7O7P/c1-13(2)36-22(32)14(3)30-39(34,38-15-8-6-5-7-9-15)35-11-17-18(29-33)23(4,24)19(37-17)16-10-26-21-20(25)27-12-28-31(16)21/h5-10,12-14,17-19H,11H2,1-4H3,(H,30,34)(H2,25,27,28)/t14-,17+,18+,19-,23+,39-/m0/s1. The van der Waals surface area contributed by atoms with Crippen LogP contribution in [0.15, 0.2) is 48.0 Å². The van der Waals surface area contributed by atoms with Crippen LogP contribution in [0.1, 0.15) is 39.5 Å². The van der Waals surface area contributed by atoms with Gasteiger partial charge in [-0.25, -0.2) is 23.4 Å². The van der Waals surface area contributed by atoms with Crippen LogP contribution in [0.5, 0.6) is 5.75 Å². The molecule has 0 unspecified atom stereocenters. The zero-order valence-electron chi connectivity index (χ0n) is 21.6. The Morgan fingerprint density at radius 2 is 2.03 bits per heavy atom. The van der Waals surface area contributed by atoms with E-state index in [1.165, 1.54) is 36.1 Å². The third-order valence-corrected chi connectivity index (χ3v) is 7.57. The monoisotopic (exact) mass is 565 g/mol. The van der Waals surface area contributed by atoms with E-state index in [1.807, 2.05) is 0 Å². The summed E-state index contributed by atoms with van der Waals surface area (Å²) in [4.78, 5) is 32.1. The number of nitroso groups, excluding NO2 is 1. The zero-order valence-corrected chi connectivity index (χ0v) is 22.5. The lowest BCUT2D eigenvalue weighted by Crippen LogP contribution is -2.39. The molecule has 14 nitrogen and oxygen atoms in total. The van der Waals surface area contributed by atoms with E-state index < -0.39 is 56.4 Å². The second-order valence-corrected chi connectivity index (χ2v) is 11.0. The highest BCUT2D eigenvalue weighted by atomic mass is 31.2. The van der Waals surface area contributed by atoms with Gasteiger partial charge in [-0.1, -0.05) is 23.4 Å². The number of nitrogen functional groups attached to an aromatic ring is 1. The Morgan fingerprint density at radius 3 is 2.69 bits per heavy atom. The molecule has 4 rings (SSSR count). The number of rotatable bonds is 11. The van der Waals surface area contributed by atoms with Crippen LogP contribution in [0.25, 0.3) is 5.65 Å². The molecule has 0 amide bonds. The Balaban J connectivity index is 1.57. The first-order chi connectivity index (χ1) is 18.4. The molecule has 16 heteroatoms. The van der Waals surface area contributed by atoms with Gasteiger partial charge in [0.1, 0.15) is 30.3 Å². The summed E-state index contributed by atoms with van der Waals surface area (Å²) >= 11 is 0. The molecule has 3 N–H and O–H groups in total. The summed E-state index contributed by atoms with van der Waals surface area (Å²) in [5.74, 6) is -0.457. The van der Waals surface area contributed by atoms with Crippen LogP contribution in [0.2, 0.25) is 0 Å². The van der Waals surface area contributed by atoms with E-state index >= 15 is 4.39 Å². The van der Waals surface area contributed by atoms with Crippen LogP contribution in [-0.2, 0) is 23.4 Å². The molecule has 3 heterocycles. The summed E-state index contributed by atoms with van der Waals surface area (Å²) in [5.41, 5.74) is 3.82. The van der Waals surface area contributed by atoms with Crippen molar-refractivity contribution in [2.24, 2.45) is 5.18 Å². The largest absolute Gasteiger partial charge is 0.462 e. The average Bonchev–Trinajstić information content (AvgIpc) is 3.41. The number of esters is 1. The third kappa shape index (κ3) is 6.06. The van der Waals surface area contributed by atoms with E-state index in [-0.39, 0.29) is 22.9 Å². The van der Waals surface area contributed by atoms with Crippen molar-refractivity contribution in [3.63, 3.8) is 0 Å². The van der Waals surface area contributed by atoms with Gasteiger partial charge in [0.05, 0.1) is 24.6 Å². The van der Waals surface area contributed by atoms with Gasteiger partial charge in [-0.05, 0) is 39.8 Å².